The Labute approximate surface area is 208 Å². The molecule has 200 valence electrons. The molecule has 0 bridgehead atoms. The van der Waals surface area contributed by atoms with E-state index in [1.54, 1.807) is 0 Å². The smallest absolute Gasteiger partial charge is 0.330 e. The van der Waals surface area contributed by atoms with Gasteiger partial charge in [-0.15, -0.1) is 0 Å². The molecule has 0 saturated carbocycles. The first kappa shape index (κ1) is 33.2. The second kappa shape index (κ2) is 22.7. The van der Waals surface area contributed by atoms with Crippen molar-refractivity contribution in [1.82, 2.24) is 0 Å². The summed E-state index contributed by atoms with van der Waals surface area (Å²) in [6, 6.07) is 0. The summed E-state index contributed by atoms with van der Waals surface area (Å²) in [5, 5.41) is 0. The molecule has 2 atom stereocenters. The van der Waals surface area contributed by atoms with Crippen LogP contribution >= 0.6 is 8.60 Å². The average molecular weight is 493 g/mol. The summed E-state index contributed by atoms with van der Waals surface area (Å²) < 4.78 is 17.7. The Morgan fingerprint density at radius 2 is 1.15 bits per heavy atom. The van der Waals surface area contributed by atoms with Gasteiger partial charge in [0.15, 0.2) is 0 Å². The third kappa shape index (κ3) is 25.1. The van der Waals surface area contributed by atoms with Crippen LogP contribution in [0.4, 0.5) is 0 Å². The van der Waals surface area contributed by atoms with Crippen molar-refractivity contribution >= 4 is 8.60 Å². The highest BCUT2D eigenvalue weighted by Crippen LogP contribution is 2.34. The Bertz CT molecular complexity index is 404. The van der Waals surface area contributed by atoms with Crippen molar-refractivity contribution in [2.24, 2.45) is 11.8 Å². The number of ether oxygens (including phenoxy) is 1. The van der Waals surface area contributed by atoms with Gasteiger partial charge in [0.05, 0.1) is 34.4 Å². The van der Waals surface area contributed by atoms with Gasteiger partial charge in [-0.2, -0.15) is 0 Å². The lowest BCUT2D eigenvalue weighted by atomic mass is 9.98. The van der Waals surface area contributed by atoms with E-state index in [-0.39, 0.29) is 5.92 Å². The maximum absolute atomic E-state index is 9.96. The zero-order valence-corrected chi connectivity index (χ0v) is 24.1. The van der Waals surface area contributed by atoms with Crippen LogP contribution in [0.5, 0.6) is 0 Å². The van der Waals surface area contributed by atoms with Crippen LogP contribution in [-0.2, 0) is 13.8 Å². The van der Waals surface area contributed by atoms with Gasteiger partial charge in [-0.05, 0) is 12.3 Å². The highest BCUT2D eigenvalue weighted by molar-refractivity contribution is 7.40. The van der Waals surface area contributed by atoms with E-state index in [4.69, 9.17) is 13.8 Å². The third-order valence-corrected chi connectivity index (χ3v) is 7.05. The fraction of sp³-hybridized carbons (Fsp3) is 1.00. The number of hydrogen-bond acceptors (Lipinski definition) is 4. The van der Waals surface area contributed by atoms with E-state index >= 15 is 0 Å². The first-order valence-corrected chi connectivity index (χ1v) is 15.0. The molecule has 0 saturated heterocycles. The number of unbranched alkanes of at least 4 members (excludes halogenated alkanes) is 13. The van der Waals surface area contributed by atoms with Gasteiger partial charge in [-0.3, -0.25) is 0 Å². The molecule has 6 heteroatoms. The van der Waals surface area contributed by atoms with Crippen LogP contribution in [0.15, 0.2) is 0 Å². The van der Waals surface area contributed by atoms with Crippen molar-refractivity contribution in [2.75, 3.05) is 54.1 Å². The van der Waals surface area contributed by atoms with Crippen LogP contribution in [0.3, 0.4) is 0 Å². The molecule has 0 spiro atoms. The Balaban J connectivity index is 3.53. The van der Waals surface area contributed by atoms with Gasteiger partial charge in [0.25, 0.3) is 0 Å². The number of rotatable bonds is 25. The largest absolute Gasteiger partial charge is 0.381 e. The third-order valence-electron chi connectivity index (χ3n) is 6.28. The van der Waals surface area contributed by atoms with E-state index in [1.807, 2.05) is 0 Å². The first-order chi connectivity index (χ1) is 15.8. The Hall–Kier alpha value is 0.230. The second-order valence-corrected chi connectivity index (χ2v) is 12.0. The molecule has 2 unspecified atom stereocenters. The summed E-state index contributed by atoms with van der Waals surface area (Å²) in [4.78, 5) is 9.96. The average Bonchev–Trinajstić information content (AvgIpc) is 2.74. The lowest BCUT2D eigenvalue weighted by Gasteiger charge is -2.25. The fourth-order valence-corrected chi connectivity index (χ4v) is 4.29. The molecular weight excluding hydrogens is 433 g/mol. The maximum atomic E-state index is 9.96. The monoisotopic (exact) mass is 492 g/mol. The van der Waals surface area contributed by atoms with Gasteiger partial charge in [0.2, 0.25) is 0 Å². The molecule has 0 radical (unpaired) electrons. The molecule has 0 aromatic heterocycles. The standard InChI is InChI=1S/C27H59NO4P/c1-7-8-9-10-11-12-13-14-15-16-17-18-19-20-22-30-24-27(26(2)3)25-32-33(29)31-23-21-28(4,5)6/h26-27,29H,7-25H2,1-6H3/q+1. The number of likely N-dealkylation sites (N-methyl/N-ethyl adjacent to an activating group) is 1. The Kier molecular flexibility index (Phi) is 22.8. The van der Waals surface area contributed by atoms with Crippen molar-refractivity contribution in [3.05, 3.63) is 0 Å². The number of hydrogen-bond donors (Lipinski definition) is 1. The topological polar surface area (TPSA) is 47.9 Å². The van der Waals surface area contributed by atoms with Crippen molar-refractivity contribution in [3.8, 4) is 0 Å². The predicted molar refractivity (Wildman–Crippen MR) is 143 cm³/mol. The minimum absolute atomic E-state index is 0.288. The molecular formula is C27H59NO4P+. The number of quaternary nitrogens is 1. The van der Waals surface area contributed by atoms with Gasteiger partial charge in [-0.25, -0.2) is 0 Å². The van der Waals surface area contributed by atoms with E-state index in [9.17, 15) is 4.89 Å². The SMILES string of the molecule is CCCCCCCCCCCCCCCCOCC(COP(O)OCC[N+](C)(C)C)C(C)C. The molecule has 0 aromatic rings. The lowest BCUT2D eigenvalue weighted by molar-refractivity contribution is -0.870. The summed E-state index contributed by atoms with van der Waals surface area (Å²) >= 11 is 0. The van der Waals surface area contributed by atoms with E-state index in [0.717, 1.165) is 24.1 Å². The fourth-order valence-electron chi connectivity index (χ4n) is 3.66. The van der Waals surface area contributed by atoms with Crippen LogP contribution in [0.2, 0.25) is 0 Å². The predicted octanol–water partition coefficient (Wildman–Crippen LogP) is 7.72. The van der Waals surface area contributed by atoms with Crippen LogP contribution in [0, 0.1) is 11.8 Å². The maximum Gasteiger partial charge on any atom is 0.330 e. The normalized spacial score (nSPS) is 14.2. The summed E-state index contributed by atoms with van der Waals surface area (Å²) in [5.74, 6) is 0.742. The summed E-state index contributed by atoms with van der Waals surface area (Å²) in [6.45, 7) is 10.0. The minimum atomic E-state index is -1.80. The van der Waals surface area contributed by atoms with Gasteiger partial charge in [0, 0.05) is 12.5 Å². The van der Waals surface area contributed by atoms with E-state index in [1.165, 1.54) is 83.5 Å². The quantitative estimate of drug-likeness (QED) is 0.0805. The Morgan fingerprint density at radius 3 is 1.61 bits per heavy atom. The molecule has 0 heterocycles. The molecule has 1 N–H and O–H groups in total. The summed E-state index contributed by atoms with van der Waals surface area (Å²) in [7, 11) is 4.52. The van der Waals surface area contributed by atoms with Crippen LogP contribution in [0.25, 0.3) is 0 Å². The molecule has 0 aliphatic rings. The van der Waals surface area contributed by atoms with Gasteiger partial charge in [-0.1, -0.05) is 104 Å². The summed E-state index contributed by atoms with van der Waals surface area (Å²) in [5.41, 5.74) is 0. The lowest BCUT2D eigenvalue weighted by Crippen LogP contribution is -2.37. The molecule has 0 aliphatic carbocycles. The highest BCUT2D eigenvalue weighted by atomic mass is 31.2. The van der Waals surface area contributed by atoms with Crippen molar-refractivity contribution in [3.63, 3.8) is 0 Å². The van der Waals surface area contributed by atoms with Gasteiger partial charge in [0.1, 0.15) is 13.2 Å². The van der Waals surface area contributed by atoms with E-state index < -0.39 is 8.60 Å². The van der Waals surface area contributed by atoms with E-state index in [0.29, 0.717) is 25.7 Å². The van der Waals surface area contributed by atoms with Crippen molar-refractivity contribution in [1.29, 1.82) is 0 Å². The van der Waals surface area contributed by atoms with Crippen LogP contribution < -0.4 is 0 Å². The molecule has 0 amide bonds. The van der Waals surface area contributed by atoms with Crippen LogP contribution in [0.1, 0.15) is 111 Å². The minimum Gasteiger partial charge on any atom is -0.381 e. The Morgan fingerprint density at radius 1 is 0.667 bits per heavy atom. The highest BCUT2D eigenvalue weighted by Gasteiger charge is 2.18. The second-order valence-electron chi connectivity index (χ2n) is 11.1. The first-order valence-electron chi connectivity index (χ1n) is 13.9. The summed E-state index contributed by atoms with van der Waals surface area (Å²) in [6.07, 6.45) is 19.3. The zero-order valence-electron chi connectivity index (χ0n) is 23.2. The molecule has 0 aromatic carbocycles. The molecule has 0 aliphatic heterocycles. The van der Waals surface area contributed by atoms with Crippen molar-refractivity contribution < 1.29 is 23.2 Å². The van der Waals surface area contributed by atoms with E-state index in [2.05, 4.69) is 41.9 Å². The van der Waals surface area contributed by atoms with Crippen LogP contribution in [-0.4, -0.2) is 63.5 Å². The van der Waals surface area contributed by atoms with Gasteiger partial charge < -0.3 is 23.2 Å². The molecule has 5 nitrogen and oxygen atoms in total. The molecule has 33 heavy (non-hydrogen) atoms. The number of nitrogens with zero attached hydrogens (tertiary/aromatic N) is 1. The van der Waals surface area contributed by atoms with Gasteiger partial charge >= 0.3 is 8.60 Å². The molecule has 0 fully saturated rings. The van der Waals surface area contributed by atoms with Crippen molar-refractivity contribution in [2.45, 2.75) is 111 Å². The molecule has 0 rings (SSSR count). The zero-order chi connectivity index (χ0) is 24.8.